The molecule has 0 spiro atoms. The summed E-state index contributed by atoms with van der Waals surface area (Å²) in [5, 5.41) is 13.9. The Balaban J connectivity index is 2.73. The number of aryl methyl sites for hydroxylation is 1. The van der Waals surface area contributed by atoms with Gasteiger partial charge in [-0.2, -0.15) is 4.37 Å². The number of aliphatic hydroxyl groups excluding tert-OH is 1. The van der Waals surface area contributed by atoms with E-state index >= 15 is 0 Å². The molecule has 0 fully saturated rings. The Bertz CT molecular complexity index is 365. The summed E-state index contributed by atoms with van der Waals surface area (Å²) in [6.07, 6.45) is 1.67. The van der Waals surface area contributed by atoms with Crippen LogP contribution in [0, 0.1) is 6.92 Å². The molecule has 2 N–H and O–H groups in total. The summed E-state index contributed by atoms with van der Waals surface area (Å²) in [5.74, 6) is -0.156. The number of nitrogens with one attached hydrogen (secondary N) is 1. The summed E-state index contributed by atoms with van der Waals surface area (Å²) in [6, 6.07) is 0. The van der Waals surface area contributed by atoms with Crippen LogP contribution in [0.3, 0.4) is 0 Å². The van der Waals surface area contributed by atoms with Crippen molar-refractivity contribution in [2.24, 2.45) is 0 Å². The van der Waals surface area contributed by atoms with E-state index < -0.39 is 5.54 Å². The molecule has 5 heteroatoms. The number of rotatable bonds is 5. The van der Waals surface area contributed by atoms with Crippen molar-refractivity contribution in [2.45, 2.75) is 39.2 Å². The fourth-order valence-corrected chi connectivity index (χ4v) is 2.28. The highest BCUT2D eigenvalue weighted by Crippen LogP contribution is 2.15. The molecule has 0 aromatic carbocycles. The number of hydrogen-bond donors (Lipinski definition) is 2. The maximum atomic E-state index is 11.9. The van der Waals surface area contributed by atoms with Gasteiger partial charge in [0.25, 0.3) is 5.91 Å². The molecule has 1 aromatic heterocycles. The van der Waals surface area contributed by atoms with Gasteiger partial charge in [-0.1, -0.05) is 13.3 Å². The van der Waals surface area contributed by atoms with Crippen LogP contribution in [0.4, 0.5) is 0 Å². The van der Waals surface area contributed by atoms with Gasteiger partial charge in [0.15, 0.2) is 0 Å². The van der Waals surface area contributed by atoms with Crippen molar-refractivity contribution in [3.8, 4) is 0 Å². The first-order valence-electron chi connectivity index (χ1n) is 5.37. The standard InChI is InChI=1S/C11H18N2O2S/c1-4-5-11(3,7-14)12-10(15)9-6-16-13-8(9)2/h6,14H,4-5,7H2,1-3H3,(H,12,15)/t11-/m0/s1. The minimum absolute atomic E-state index is 0.0524. The lowest BCUT2D eigenvalue weighted by atomic mass is 9.97. The summed E-state index contributed by atoms with van der Waals surface area (Å²) in [7, 11) is 0. The minimum Gasteiger partial charge on any atom is -0.394 e. The molecule has 1 amide bonds. The molecule has 0 aliphatic carbocycles. The van der Waals surface area contributed by atoms with Crippen LogP contribution >= 0.6 is 11.5 Å². The molecule has 0 radical (unpaired) electrons. The van der Waals surface area contributed by atoms with E-state index in [4.69, 9.17) is 0 Å². The Morgan fingerprint density at radius 3 is 2.81 bits per heavy atom. The number of aromatic nitrogens is 1. The number of carbonyl (C=O) groups is 1. The Kier molecular flexibility index (Phi) is 4.44. The smallest absolute Gasteiger partial charge is 0.254 e. The summed E-state index contributed by atoms with van der Waals surface area (Å²) in [5.41, 5.74) is 0.792. The number of carbonyl (C=O) groups excluding carboxylic acids is 1. The molecule has 0 saturated heterocycles. The Hall–Kier alpha value is -0.940. The van der Waals surface area contributed by atoms with Gasteiger partial charge in [0.05, 0.1) is 23.4 Å². The van der Waals surface area contributed by atoms with E-state index in [9.17, 15) is 9.90 Å². The van der Waals surface area contributed by atoms with E-state index in [1.165, 1.54) is 11.5 Å². The van der Waals surface area contributed by atoms with E-state index in [1.54, 1.807) is 5.38 Å². The van der Waals surface area contributed by atoms with Crippen molar-refractivity contribution in [1.29, 1.82) is 0 Å². The zero-order chi connectivity index (χ0) is 12.2. The van der Waals surface area contributed by atoms with Gasteiger partial charge in [0.2, 0.25) is 0 Å². The van der Waals surface area contributed by atoms with E-state index in [-0.39, 0.29) is 12.5 Å². The second kappa shape index (κ2) is 5.41. The highest BCUT2D eigenvalue weighted by molar-refractivity contribution is 7.03. The van der Waals surface area contributed by atoms with Crippen LogP contribution in [0.1, 0.15) is 42.7 Å². The van der Waals surface area contributed by atoms with Crippen molar-refractivity contribution in [2.75, 3.05) is 6.61 Å². The Labute approximate surface area is 99.9 Å². The van der Waals surface area contributed by atoms with Crippen molar-refractivity contribution in [3.63, 3.8) is 0 Å². The molecule has 1 aromatic rings. The molecule has 16 heavy (non-hydrogen) atoms. The maximum Gasteiger partial charge on any atom is 0.254 e. The third-order valence-electron chi connectivity index (χ3n) is 2.56. The average molecular weight is 242 g/mol. The topological polar surface area (TPSA) is 62.2 Å². The predicted octanol–water partition coefficient (Wildman–Crippen LogP) is 1.73. The average Bonchev–Trinajstić information content (AvgIpc) is 2.65. The lowest BCUT2D eigenvalue weighted by Gasteiger charge is -2.28. The number of aliphatic hydroxyl groups is 1. The molecule has 0 saturated carbocycles. The second-order valence-corrected chi connectivity index (χ2v) is 4.87. The van der Waals surface area contributed by atoms with Crippen molar-refractivity contribution < 1.29 is 9.90 Å². The molecule has 1 rings (SSSR count). The highest BCUT2D eigenvalue weighted by atomic mass is 32.1. The second-order valence-electron chi connectivity index (χ2n) is 4.24. The Morgan fingerprint density at radius 2 is 2.38 bits per heavy atom. The first-order chi connectivity index (χ1) is 7.52. The van der Waals surface area contributed by atoms with E-state index in [1.807, 2.05) is 20.8 Å². The lowest BCUT2D eigenvalue weighted by Crippen LogP contribution is -2.48. The van der Waals surface area contributed by atoms with Gasteiger partial charge in [-0.15, -0.1) is 0 Å². The van der Waals surface area contributed by atoms with E-state index in [2.05, 4.69) is 9.69 Å². The molecule has 0 unspecified atom stereocenters. The molecule has 0 aliphatic rings. The van der Waals surface area contributed by atoms with E-state index in [0.29, 0.717) is 5.56 Å². The third kappa shape index (κ3) is 3.02. The minimum atomic E-state index is -0.541. The van der Waals surface area contributed by atoms with Crippen LogP contribution in [0.25, 0.3) is 0 Å². The predicted molar refractivity (Wildman–Crippen MR) is 64.7 cm³/mol. The fraction of sp³-hybridized carbons (Fsp3) is 0.636. The summed E-state index contributed by atoms with van der Waals surface area (Å²) in [6.45, 7) is 5.63. The number of hydrogen-bond acceptors (Lipinski definition) is 4. The van der Waals surface area contributed by atoms with Gasteiger partial charge in [-0.3, -0.25) is 4.79 Å². The maximum absolute atomic E-state index is 11.9. The van der Waals surface area contributed by atoms with Crippen molar-refractivity contribution >= 4 is 17.4 Å². The SMILES string of the molecule is CCC[C@@](C)(CO)NC(=O)c1csnc1C. The summed E-state index contributed by atoms with van der Waals surface area (Å²) < 4.78 is 4.06. The largest absolute Gasteiger partial charge is 0.394 e. The fourth-order valence-electron chi connectivity index (χ4n) is 1.58. The normalized spacial score (nSPS) is 14.5. The zero-order valence-electron chi connectivity index (χ0n) is 9.91. The first-order valence-corrected chi connectivity index (χ1v) is 6.20. The molecule has 1 atom stereocenters. The van der Waals surface area contributed by atoms with Crippen LogP contribution in [0.5, 0.6) is 0 Å². The molecule has 4 nitrogen and oxygen atoms in total. The van der Waals surface area contributed by atoms with Gasteiger partial charge < -0.3 is 10.4 Å². The summed E-state index contributed by atoms with van der Waals surface area (Å²) >= 11 is 1.27. The van der Waals surface area contributed by atoms with Crippen LogP contribution in [-0.2, 0) is 0 Å². The quantitative estimate of drug-likeness (QED) is 0.826. The van der Waals surface area contributed by atoms with E-state index in [0.717, 1.165) is 18.5 Å². The monoisotopic (exact) mass is 242 g/mol. The van der Waals surface area contributed by atoms with Crippen LogP contribution in [0.2, 0.25) is 0 Å². The summed E-state index contributed by atoms with van der Waals surface area (Å²) in [4.78, 5) is 11.9. The van der Waals surface area contributed by atoms with Crippen molar-refractivity contribution in [3.05, 3.63) is 16.6 Å². The van der Waals surface area contributed by atoms with Gasteiger partial charge in [0.1, 0.15) is 0 Å². The molecule has 1 heterocycles. The van der Waals surface area contributed by atoms with Crippen LogP contribution in [-0.4, -0.2) is 27.5 Å². The molecule has 0 aliphatic heterocycles. The zero-order valence-corrected chi connectivity index (χ0v) is 10.7. The van der Waals surface area contributed by atoms with Gasteiger partial charge in [0, 0.05) is 5.38 Å². The molecular formula is C11H18N2O2S. The van der Waals surface area contributed by atoms with Gasteiger partial charge >= 0.3 is 0 Å². The number of nitrogens with zero attached hydrogens (tertiary/aromatic N) is 1. The molecule has 90 valence electrons. The molecule has 0 bridgehead atoms. The first kappa shape index (κ1) is 13.1. The highest BCUT2D eigenvalue weighted by Gasteiger charge is 2.25. The van der Waals surface area contributed by atoms with Crippen LogP contribution < -0.4 is 5.32 Å². The lowest BCUT2D eigenvalue weighted by molar-refractivity contribution is 0.0840. The Morgan fingerprint density at radius 1 is 1.69 bits per heavy atom. The molecular weight excluding hydrogens is 224 g/mol. The van der Waals surface area contributed by atoms with Gasteiger partial charge in [-0.25, -0.2) is 0 Å². The third-order valence-corrected chi connectivity index (χ3v) is 3.28. The number of amides is 1. The van der Waals surface area contributed by atoms with Gasteiger partial charge in [-0.05, 0) is 31.8 Å². The van der Waals surface area contributed by atoms with Crippen molar-refractivity contribution in [1.82, 2.24) is 9.69 Å². The van der Waals surface area contributed by atoms with Crippen LogP contribution in [0.15, 0.2) is 5.38 Å².